The van der Waals surface area contributed by atoms with Gasteiger partial charge in [-0.25, -0.2) is 8.78 Å². The molecular formula is C19H19ClF2N2O. The molecule has 0 bridgehead atoms. The standard InChI is InChI=1S/C19H19ClF2N2O/c1-12-9-17(23-11-13-7-8-14(21)10-16(13)22)18(20)19(25)24(12)15-5-3-2-4-6-15/h2-3,7-10,15,23H,4-6,11H2,1H3. The molecule has 1 aliphatic rings. The number of benzene rings is 1. The average molecular weight is 365 g/mol. The van der Waals surface area contributed by atoms with Crippen molar-refractivity contribution in [3.8, 4) is 0 Å². The van der Waals surface area contributed by atoms with Gasteiger partial charge in [0.2, 0.25) is 0 Å². The second-order valence-corrected chi connectivity index (χ2v) is 6.59. The highest BCUT2D eigenvalue weighted by atomic mass is 35.5. The van der Waals surface area contributed by atoms with Crippen molar-refractivity contribution in [2.24, 2.45) is 0 Å². The minimum Gasteiger partial charge on any atom is -0.379 e. The van der Waals surface area contributed by atoms with Gasteiger partial charge in [-0.15, -0.1) is 0 Å². The zero-order valence-electron chi connectivity index (χ0n) is 13.9. The molecule has 1 unspecified atom stereocenters. The molecule has 132 valence electrons. The van der Waals surface area contributed by atoms with Crippen molar-refractivity contribution in [3.63, 3.8) is 0 Å². The molecule has 0 radical (unpaired) electrons. The van der Waals surface area contributed by atoms with Crippen LogP contribution in [0.1, 0.15) is 36.6 Å². The summed E-state index contributed by atoms with van der Waals surface area (Å²) in [4.78, 5) is 12.7. The van der Waals surface area contributed by atoms with E-state index in [2.05, 4.69) is 17.5 Å². The summed E-state index contributed by atoms with van der Waals surface area (Å²) in [5, 5.41) is 3.07. The maximum Gasteiger partial charge on any atom is 0.271 e. The Morgan fingerprint density at radius 1 is 1.28 bits per heavy atom. The molecule has 0 amide bonds. The largest absolute Gasteiger partial charge is 0.379 e. The maximum absolute atomic E-state index is 13.7. The van der Waals surface area contributed by atoms with E-state index in [0.717, 1.165) is 31.0 Å². The molecule has 3 nitrogen and oxygen atoms in total. The smallest absolute Gasteiger partial charge is 0.271 e. The normalized spacial score (nSPS) is 16.9. The number of anilines is 1. The number of allylic oxidation sites excluding steroid dienone is 2. The summed E-state index contributed by atoms with van der Waals surface area (Å²) in [7, 11) is 0. The van der Waals surface area contributed by atoms with Gasteiger partial charge in [-0.3, -0.25) is 4.79 Å². The lowest BCUT2D eigenvalue weighted by atomic mass is 10.0. The molecule has 6 heteroatoms. The highest BCUT2D eigenvalue weighted by Crippen LogP contribution is 2.27. The quantitative estimate of drug-likeness (QED) is 0.776. The van der Waals surface area contributed by atoms with Gasteiger partial charge in [0.25, 0.3) is 5.56 Å². The third-order valence-electron chi connectivity index (χ3n) is 4.47. The van der Waals surface area contributed by atoms with Crippen molar-refractivity contribution < 1.29 is 8.78 Å². The molecule has 1 aromatic carbocycles. The zero-order valence-corrected chi connectivity index (χ0v) is 14.6. The topological polar surface area (TPSA) is 34.0 Å². The van der Waals surface area contributed by atoms with Crippen LogP contribution in [0.15, 0.2) is 41.2 Å². The molecule has 25 heavy (non-hydrogen) atoms. The Labute approximate surface area is 149 Å². The first-order valence-electron chi connectivity index (χ1n) is 8.22. The summed E-state index contributed by atoms with van der Waals surface area (Å²) >= 11 is 6.25. The van der Waals surface area contributed by atoms with Crippen LogP contribution in [0.4, 0.5) is 14.5 Å². The number of rotatable bonds is 4. The van der Waals surface area contributed by atoms with Gasteiger partial charge < -0.3 is 9.88 Å². The van der Waals surface area contributed by atoms with Crippen molar-refractivity contribution in [2.75, 3.05) is 5.32 Å². The number of hydrogen-bond donors (Lipinski definition) is 1. The molecule has 0 saturated heterocycles. The molecule has 0 spiro atoms. The lowest BCUT2D eigenvalue weighted by molar-refractivity contribution is 0.440. The predicted molar refractivity (Wildman–Crippen MR) is 96.2 cm³/mol. The minimum atomic E-state index is -0.636. The molecular weight excluding hydrogens is 346 g/mol. The molecule has 2 aromatic rings. The number of nitrogens with one attached hydrogen (secondary N) is 1. The van der Waals surface area contributed by atoms with E-state index in [4.69, 9.17) is 11.6 Å². The van der Waals surface area contributed by atoms with Crippen LogP contribution in [0, 0.1) is 18.6 Å². The van der Waals surface area contributed by atoms with Crippen LogP contribution in [-0.2, 0) is 6.54 Å². The number of aromatic nitrogens is 1. The summed E-state index contributed by atoms with van der Waals surface area (Å²) in [5.41, 5.74) is 1.31. The van der Waals surface area contributed by atoms with Gasteiger partial charge in [-0.1, -0.05) is 29.8 Å². The lowest BCUT2D eigenvalue weighted by Crippen LogP contribution is -2.28. The van der Waals surface area contributed by atoms with E-state index in [1.807, 2.05) is 6.92 Å². The SMILES string of the molecule is Cc1cc(NCc2ccc(F)cc2F)c(Cl)c(=O)n1C1CC=CCC1. The van der Waals surface area contributed by atoms with Crippen molar-refractivity contribution >= 4 is 17.3 Å². The van der Waals surface area contributed by atoms with E-state index in [0.29, 0.717) is 11.3 Å². The summed E-state index contributed by atoms with van der Waals surface area (Å²) in [6, 6.07) is 5.30. The Kier molecular flexibility index (Phi) is 5.23. The Morgan fingerprint density at radius 2 is 2.08 bits per heavy atom. The zero-order chi connectivity index (χ0) is 18.0. The number of hydrogen-bond acceptors (Lipinski definition) is 2. The Morgan fingerprint density at radius 3 is 2.76 bits per heavy atom. The van der Waals surface area contributed by atoms with Gasteiger partial charge >= 0.3 is 0 Å². The van der Waals surface area contributed by atoms with Crippen LogP contribution in [0.3, 0.4) is 0 Å². The highest BCUT2D eigenvalue weighted by Gasteiger charge is 2.19. The number of aryl methyl sites for hydroxylation is 1. The molecule has 0 saturated carbocycles. The Hall–Kier alpha value is -2.14. The van der Waals surface area contributed by atoms with E-state index in [9.17, 15) is 13.6 Å². The van der Waals surface area contributed by atoms with E-state index in [1.54, 1.807) is 10.6 Å². The Balaban J connectivity index is 1.85. The average Bonchev–Trinajstić information content (AvgIpc) is 2.59. The van der Waals surface area contributed by atoms with Crippen LogP contribution >= 0.6 is 11.6 Å². The fraction of sp³-hybridized carbons (Fsp3) is 0.316. The number of halogens is 3. The fourth-order valence-electron chi connectivity index (χ4n) is 3.17. The van der Waals surface area contributed by atoms with Gasteiger partial charge in [-0.05, 0) is 38.3 Å². The van der Waals surface area contributed by atoms with Gasteiger partial charge in [0, 0.05) is 29.9 Å². The van der Waals surface area contributed by atoms with Crippen molar-refractivity contribution in [2.45, 2.75) is 38.8 Å². The van der Waals surface area contributed by atoms with E-state index in [-0.39, 0.29) is 23.2 Å². The van der Waals surface area contributed by atoms with Crippen molar-refractivity contribution in [1.82, 2.24) is 4.57 Å². The second-order valence-electron chi connectivity index (χ2n) is 6.22. The van der Waals surface area contributed by atoms with Gasteiger partial charge in [0.1, 0.15) is 16.7 Å². The lowest BCUT2D eigenvalue weighted by Gasteiger charge is -2.24. The highest BCUT2D eigenvalue weighted by molar-refractivity contribution is 6.33. The van der Waals surface area contributed by atoms with Crippen LogP contribution in [0.5, 0.6) is 0 Å². The predicted octanol–water partition coefficient (Wildman–Crippen LogP) is 4.98. The van der Waals surface area contributed by atoms with Crippen LogP contribution in [0.2, 0.25) is 5.02 Å². The molecule has 1 aromatic heterocycles. The molecule has 1 N–H and O–H groups in total. The van der Waals surface area contributed by atoms with Crippen LogP contribution < -0.4 is 10.9 Å². The molecule has 0 aliphatic heterocycles. The molecule has 0 fully saturated rings. The first-order valence-corrected chi connectivity index (χ1v) is 8.59. The number of pyridine rings is 1. The second kappa shape index (κ2) is 7.40. The first-order chi connectivity index (χ1) is 12.0. The third-order valence-corrected chi connectivity index (χ3v) is 4.83. The first kappa shape index (κ1) is 17.7. The van der Waals surface area contributed by atoms with Crippen LogP contribution in [0.25, 0.3) is 0 Å². The van der Waals surface area contributed by atoms with Crippen LogP contribution in [-0.4, -0.2) is 4.57 Å². The van der Waals surface area contributed by atoms with Gasteiger partial charge in [0.05, 0.1) is 5.69 Å². The van der Waals surface area contributed by atoms with E-state index >= 15 is 0 Å². The van der Waals surface area contributed by atoms with Gasteiger partial charge in [-0.2, -0.15) is 0 Å². The van der Waals surface area contributed by atoms with Gasteiger partial charge in [0.15, 0.2) is 0 Å². The summed E-state index contributed by atoms with van der Waals surface area (Å²) in [6.07, 6.45) is 6.85. The summed E-state index contributed by atoms with van der Waals surface area (Å²) in [5.74, 6) is -1.26. The summed E-state index contributed by atoms with van der Waals surface area (Å²) < 4.78 is 28.4. The molecule has 1 heterocycles. The molecule has 1 atom stereocenters. The monoisotopic (exact) mass is 364 g/mol. The Bertz CT molecular complexity index is 876. The van der Waals surface area contributed by atoms with Crippen molar-refractivity contribution in [3.05, 3.63) is 74.7 Å². The molecule has 1 aliphatic carbocycles. The minimum absolute atomic E-state index is 0.0858. The van der Waals surface area contributed by atoms with E-state index < -0.39 is 11.6 Å². The summed E-state index contributed by atoms with van der Waals surface area (Å²) in [6.45, 7) is 1.97. The third kappa shape index (κ3) is 3.76. The molecule has 3 rings (SSSR count). The fourth-order valence-corrected chi connectivity index (χ4v) is 3.39. The van der Waals surface area contributed by atoms with E-state index in [1.165, 1.54) is 12.1 Å². The maximum atomic E-state index is 13.7. The van der Waals surface area contributed by atoms with Crippen molar-refractivity contribution in [1.29, 1.82) is 0 Å². The number of nitrogens with zero attached hydrogens (tertiary/aromatic N) is 1.